The third kappa shape index (κ3) is 4.98. The fraction of sp³-hybridized carbons (Fsp3) is 0.136. The number of carbonyl (C=O) groups excluding carboxylic acids is 2. The quantitative estimate of drug-likeness (QED) is 0.373. The summed E-state index contributed by atoms with van der Waals surface area (Å²) in [5.41, 5.74) is 1.49. The van der Waals surface area contributed by atoms with E-state index >= 15 is 0 Å². The van der Waals surface area contributed by atoms with Gasteiger partial charge >= 0.3 is 0 Å². The van der Waals surface area contributed by atoms with Crippen molar-refractivity contribution in [3.8, 4) is 34.2 Å². The van der Waals surface area contributed by atoms with Crippen molar-refractivity contribution in [1.82, 2.24) is 25.7 Å². The van der Waals surface area contributed by atoms with Crippen LogP contribution in [0.2, 0.25) is 0 Å². The third-order valence-electron chi connectivity index (χ3n) is 4.61. The summed E-state index contributed by atoms with van der Waals surface area (Å²) in [6, 6.07) is 16.0. The summed E-state index contributed by atoms with van der Waals surface area (Å²) in [4.78, 5) is 28.8. The fourth-order valence-corrected chi connectivity index (χ4v) is 2.97. The van der Waals surface area contributed by atoms with Crippen molar-refractivity contribution in [3.05, 3.63) is 60.3 Å². The molecule has 33 heavy (non-hydrogen) atoms. The number of anilines is 1. The SMILES string of the molecule is COc1ccc(-c2nc(NC(=O)CNC(=O)c3cc(-c4ccccc4)on3)n[nH]2)c(OC)c1. The molecule has 0 saturated carbocycles. The molecule has 2 amide bonds. The first-order valence-corrected chi connectivity index (χ1v) is 9.82. The first-order valence-electron chi connectivity index (χ1n) is 9.82. The smallest absolute Gasteiger partial charge is 0.273 e. The van der Waals surface area contributed by atoms with Crippen molar-refractivity contribution in [1.29, 1.82) is 0 Å². The van der Waals surface area contributed by atoms with Gasteiger partial charge in [-0.05, 0) is 12.1 Å². The van der Waals surface area contributed by atoms with E-state index in [9.17, 15) is 9.59 Å². The number of methoxy groups -OCH3 is 2. The molecule has 0 atom stereocenters. The molecule has 3 N–H and O–H groups in total. The number of benzene rings is 2. The van der Waals surface area contributed by atoms with Crippen LogP contribution >= 0.6 is 0 Å². The molecule has 0 aliphatic rings. The molecule has 0 unspecified atom stereocenters. The molecule has 11 heteroatoms. The number of aromatic nitrogens is 4. The van der Waals surface area contributed by atoms with Crippen LogP contribution in [0.3, 0.4) is 0 Å². The van der Waals surface area contributed by atoms with E-state index < -0.39 is 11.8 Å². The molecular weight excluding hydrogens is 428 g/mol. The minimum Gasteiger partial charge on any atom is -0.497 e. The maximum absolute atomic E-state index is 12.3. The van der Waals surface area contributed by atoms with Gasteiger partial charge in [-0.15, -0.1) is 5.10 Å². The van der Waals surface area contributed by atoms with Crippen LogP contribution < -0.4 is 20.1 Å². The molecule has 4 rings (SSSR count). The van der Waals surface area contributed by atoms with Crippen molar-refractivity contribution < 1.29 is 23.6 Å². The number of hydrogen-bond donors (Lipinski definition) is 3. The summed E-state index contributed by atoms with van der Waals surface area (Å²) in [6.07, 6.45) is 0. The van der Waals surface area contributed by atoms with Gasteiger partial charge in [-0.25, -0.2) is 0 Å². The lowest BCUT2D eigenvalue weighted by atomic mass is 10.1. The molecule has 2 heterocycles. The van der Waals surface area contributed by atoms with Crippen molar-refractivity contribution in [2.45, 2.75) is 0 Å². The second-order valence-corrected chi connectivity index (χ2v) is 6.75. The maximum Gasteiger partial charge on any atom is 0.273 e. The summed E-state index contributed by atoms with van der Waals surface area (Å²) in [6.45, 7) is -0.303. The van der Waals surface area contributed by atoms with Gasteiger partial charge in [-0.3, -0.25) is 20.0 Å². The molecule has 0 aliphatic heterocycles. The summed E-state index contributed by atoms with van der Waals surface area (Å²) in [7, 11) is 3.08. The van der Waals surface area contributed by atoms with Crippen LogP contribution in [0.25, 0.3) is 22.7 Å². The minimum atomic E-state index is -0.547. The van der Waals surface area contributed by atoms with Crippen molar-refractivity contribution >= 4 is 17.8 Å². The van der Waals surface area contributed by atoms with Gasteiger partial charge in [-0.2, -0.15) is 4.98 Å². The Labute approximate surface area is 188 Å². The fourth-order valence-electron chi connectivity index (χ4n) is 2.97. The van der Waals surface area contributed by atoms with E-state index in [4.69, 9.17) is 14.0 Å². The zero-order chi connectivity index (χ0) is 23.2. The zero-order valence-corrected chi connectivity index (χ0v) is 17.8. The van der Waals surface area contributed by atoms with Crippen LogP contribution in [0.15, 0.2) is 59.1 Å². The lowest BCUT2D eigenvalue weighted by Crippen LogP contribution is -2.33. The molecule has 0 bridgehead atoms. The minimum absolute atomic E-state index is 0.0509. The van der Waals surface area contributed by atoms with Crippen LogP contribution in [-0.2, 0) is 4.79 Å². The Morgan fingerprint density at radius 1 is 1.06 bits per heavy atom. The molecule has 4 aromatic rings. The monoisotopic (exact) mass is 448 g/mol. The van der Waals surface area contributed by atoms with Crippen molar-refractivity contribution in [2.24, 2.45) is 0 Å². The third-order valence-corrected chi connectivity index (χ3v) is 4.61. The van der Waals surface area contributed by atoms with E-state index in [-0.39, 0.29) is 18.2 Å². The van der Waals surface area contributed by atoms with E-state index in [1.54, 1.807) is 25.3 Å². The lowest BCUT2D eigenvalue weighted by Gasteiger charge is -2.07. The average Bonchev–Trinajstić information content (AvgIpc) is 3.53. The Morgan fingerprint density at radius 3 is 2.64 bits per heavy atom. The highest BCUT2D eigenvalue weighted by Crippen LogP contribution is 2.31. The number of nitrogens with one attached hydrogen (secondary N) is 3. The van der Waals surface area contributed by atoms with E-state index in [2.05, 4.69) is 31.0 Å². The topological polar surface area (TPSA) is 144 Å². The summed E-state index contributed by atoms with van der Waals surface area (Å²) in [5.74, 6) is 0.991. The van der Waals surface area contributed by atoms with Crippen LogP contribution in [0.5, 0.6) is 11.5 Å². The van der Waals surface area contributed by atoms with Gasteiger partial charge in [0, 0.05) is 17.7 Å². The molecule has 2 aromatic heterocycles. The predicted molar refractivity (Wildman–Crippen MR) is 118 cm³/mol. The number of hydrogen-bond acceptors (Lipinski definition) is 8. The highest BCUT2D eigenvalue weighted by atomic mass is 16.5. The van der Waals surface area contributed by atoms with Gasteiger partial charge in [0.1, 0.15) is 11.5 Å². The number of rotatable bonds is 8. The molecule has 11 nitrogen and oxygen atoms in total. The molecule has 168 valence electrons. The van der Waals surface area contributed by atoms with Crippen molar-refractivity contribution in [3.63, 3.8) is 0 Å². The summed E-state index contributed by atoms with van der Waals surface area (Å²) >= 11 is 0. The van der Waals surface area contributed by atoms with Gasteiger partial charge in [0.15, 0.2) is 17.3 Å². The van der Waals surface area contributed by atoms with Gasteiger partial charge in [0.25, 0.3) is 5.91 Å². The molecule has 0 saturated heterocycles. The number of amides is 2. The maximum atomic E-state index is 12.3. The average molecular weight is 448 g/mol. The van der Waals surface area contributed by atoms with Crippen LogP contribution in [-0.4, -0.2) is 52.9 Å². The van der Waals surface area contributed by atoms with Gasteiger partial charge in [-0.1, -0.05) is 35.5 Å². The van der Waals surface area contributed by atoms with Gasteiger partial charge in [0.2, 0.25) is 11.9 Å². The van der Waals surface area contributed by atoms with E-state index in [1.165, 1.54) is 13.2 Å². The van der Waals surface area contributed by atoms with Crippen molar-refractivity contribution in [2.75, 3.05) is 26.1 Å². The Bertz CT molecular complexity index is 1270. The zero-order valence-electron chi connectivity index (χ0n) is 17.8. The Balaban J connectivity index is 1.34. The Hall–Kier alpha value is -4.67. The number of carbonyl (C=O) groups is 2. The highest BCUT2D eigenvalue weighted by Gasteiger charge is 2.16. The summed E-state index contributed by atoms with van der Waals surface area (Å²) in [5, 5.41) is 15.5. The normalized spacial score (nSPS) is 10.5. The first-order chi connectivity index (χ1) is 16.1. The van der Waals surface area contributed by atoms with E-state index in [1.807, 2.05) is 30.3 Å². The standard InChI is InChI=1S/C22H20N6O5/c1-31-14-8-9-15(18(10-14)32-2)20-25-22(27-26-20)24-19(29)12-23-21(30)16-11-17(33-28-16)13-6-4-3-5-7-13/h3-11H,12H2,1-2H3,(H,23,30)(H2,24,25,26,27,29). The van der Waals surface area contributed by atoms with E-state index in [0.717, 1.165) is 5.56 Å². The molecule has 0 radical (unpaired) electrons. The van der Waals surface area contributed by atoms with E-state index in [0.29, 0.717) is 28.6 Å². The van der Waals surface area contributed by atoms with Crippen LogP contribution in [0.4, 0.5) is 5.95 Å². The number of ether oxygens (including phenoxy) is 2. The number of aromatic amines is 1. The van der Waals surface area contributed by atoms with Crippen LogP contribution in [0.1, 0.15) is 10.5 Å². The molecule has 0 fully saturated rings. The second-order valence-electron chi connectivity index (χ2n) is 6.75. The van der Waals surface area contributed by atoms with Gasteiger partial charge in [0.05, 0.1) is 26.3 Å². The predicted octanol–water partition coefficient (Wildman–Crippen LogP) is 2.51. The molecular formula is C22H20N6O5. The van der Waals surface area contributed by atoms with Gasteiger partial charge < -0.3 is 19.3 Å². The highest BCUT2D eigenvalue weighted by molar-refractivity contribution is 5.98. The largest absolute Gasteiger partial charge is 0.497 e. The second kappa shape index (κ2) is 9.64. The molecule has 0 aliphatic carbocycles. The first kappa shape index (κ1) is 21.6. The number of H-pyrrole nitrogens is 1. The molecule has 2 aromatic carbocycles. The lowest BCUT2D eigenvalue weighted by molar-refractivity contribution is -0.115. The Kier molecular flexibility index (Phi) is 6.30. The Morgan fingerprint density at radius 2 is 1.88 bits per heavy atom. The molecule has 0 spiro atoms. The number of nitrogens with zero attached hydrogens (tertiary/aromatic N) is 3. The van der Waals surface area contributed by atoms with Crippen LogP contribution in [0, 0.1) is 0 Å². The summed E-state index contributed by atoms with van der Waals surface area (Å²) < 4.78 is 15.7.